The van der Waals surface area contributed by atoms with Gasteiger partial charge < -0.3 is 14.4 Å². The maximum absolute atomic E-state index is 11.8. The second-order valence-corrected chi connectivity index (χ2v) is 20.2. The lowest BCUT2D eigenvalue weighted by Gasteiger charge is -2.46. The quantitative estimate of drug-likeness (QED) is 0.0690. The van der Waals surface area contributed by atoms with Crippen molar-refractivity contribution in [2.24, 2.45) is 11.3 Å². The summed E-state index contributed by atoms with van der Waals surface area (Å²) in [7, 11) is -4.04. The van der Waals surface area contributed by atoms with Crippen molar-refractivity contribution in [2.45, 2.75) is 105 Å². The van der Waals surface area contributed by atoms with Crippen LogP contribution in [0.1, 0.15) is 96.4 Å². The van der Waals surface area contributed by atoms with Gasteiger partial charge in [-0.1, -0.05) is 139 Å². The minimum atomic E-state index is -4.04. The van der Waals surface area contributed by atoms with Crippen LogP contribution in [-0.4, -0.2) is 47.3 Å². The summed E-state index contributed by atoms with van der Waals surface area (Å²) in [6.07, 6.45) is 31.6. The molecule has 0 saturated carbocycles. The van der Waals surface area contributed by atoms with E-state index in [0.29, 0.717) is 25.3 Å². The molecule has 0 aliphatic heterocycles. The highest BCUT2D eigenvalue weighted by atomic mass is 32.2. The van der Waals surface area contributed by atoms with Gasteiger partial charge in [-0.25, -0.2) is 0 Å². The fourth-order valence-corrected chi connectivity index (χ4v) is 11.6. The Morgan fingerprint density at radius 3 is 2.42 bits per heavy atom. The zero-order chi connectivity index (χ0) is 45.0. The number of hydrogen-bond acceptors (Lipinski definition) is 4. The first-order valence-electron chi connectivity index (χ1n) is 23.7. The zero-order valence-electron chi connectivity index (χ0n) is 38.8. The predicted molar refractivity (Wildman–Crippen MR) is 269 cm³/mol. The van der Waals surface area contributed by atoms with Gasteiger partial charge >= 0.3 is 0 Å². The van der Waals surface area contributed by atoms with Crippen molar-refractivity contribution in [1.82, 2.24) is 9.47 Å². The van der Waals surface area contributed by atoms with Crippen LogP contribution in [0, 0.1) is 11.3 Å². The topological polar surface area (TPSA) is 65.8 Å². The predicted octanol–water partition coefficient (Wildman–Crippen LogP) is 13.5. The van der Waals surface area contributed by atoms with Crippen molar-refractivity contribution in [3.63, 3.8) is 0 Å². The molecule has 0 saturated heterocycles. The summed E-state index contributed by atoms with van der Waals surface area (Å²) in [6, 6.07) is 26.3. The second-order valence-electron chi connectivity index (χ2n) is 18.6. The summed E-state index contributed by atoms with van der Waals surface area (Å²) in [5, 5.41) is 2.49. The van der Waals surface area contributed by atoms with Gasteiger partial charge in [0.2, 0.25) is 0 Å². The van der Waals surface area contributed by atoms with E-state index in [4.69, 9.17) is 0 Å². The molecule has 6 nitrogen and oxygen atoms in total. The van der Waals surface area contributed by atoms with Crippen molar-refractivity contribution in [2.75, 3.05) is 23.7 Å². The van der Waals surface area contributed by atoms with Crippen LogP contribution >= 0.6 is 0 Å². The van der Waals surface area contributed by atoms with Crippen LogP contribution in [-0.2, 0) is 29.5 Å². The third kappa shape index (κ3) is 9.25. The third-order valence-electron chi connectivity index (χ3n) is 14.4. The van der Waals surface area contributed by atoms with Crippen molar-refractivity contribution >= 4 is 26.6 Å². The summed E-state index contributed by atoms with van der Waals surface area (Å²) in [5.74, 6) is 0.361. The molecule has 0 radical (unpaired) electrons. The molecule has 0 spiro atoms. The van der Waals surface area contributed by atoms with E-state index >= 15 is 0 Å². The molecule has 0 bridgehead atoms. The molecule has 3 aromatic carbocycles. The number of benzene rings is 3. The Labute approximate surface area is 383 Å². The van der Waals surface area contributed by atoms with Crippen LogP contribution in [0.25, 0.3) is 22.0 Å². The van der Waals surface area contributed by atoms with Gasteiger partial charge in [0, 0.05) is 59.1 Å². The Kier molecular flexibility index (Phi) is 13.7. The van der Waals surface area contributed by atoms with Gasteiger partial charge in [0.1, 0.15) is 0 Å². The van der Waals surface area contributed by atoms with Crippen LogP contribution in [0.3, 0.4) is 0 Å². The van der Waals surface area contributed by atoms with Crippen molar-refractivity contribution in [3.05, 3.63) is 185 Å². The first-order valence-corrected chi connectivity index (χ1v) is 25.3. The van der Waals surface area contributed by atoms with Gasteiger partial charge in [0.25, 0.3) is 10.1 Å². The van der Waals surface area contributed by atoms with Gasteiger partial charge in [0.05, 0.1) is 17.5 Å². The summed E-state index contributed by atoms with van der Waals surface area (Å²) in [6.45, 7) is 16.3. The molecular weight excluding hydrogens is 807 g/mol. The van der Waals surface area contributed by atoms with E-state index in [2.05, 4.69) is 196 Å². The zero-order valence-corrected chi connectivity index (χ0v) is 39.6. The number of allylic oxidation sites excluding steroid dienone is 13. The van der Waals surface area contributed by atoms with Gasteiger partial charge in [-0.15, -0.1) is 0 Å². The fourth-order valence-electron chi connectivity index (χ4n) is 11.1. The van der Waals surface area contributed by atoms with Crippen LogP contribution in [0.15, 0.2) is 168 Å². The molecule has 334 valence electrons. The summed E-state index contributed by atoms with van der Waals surface area (Å²) >= 11 is 0. The molecule has 0 fully saturated rings. The SMILES string of the molecule is CCN(/C(C)=C/C=C(\C)C(C1=CC=C(N(CC)C2C=CC=C3C=CC=CC32C)CC1)c1c2c(n(CCCCS(=O)(=O)O)c1-c1ccccc1)CC(C)CC2)c1cccc2ccccc12. The molecular formula is C57H67N3O3S. The Morgan fingerprint density at radius 2 is 1.67 bits per heavy atom. The highest BCUT2D eigenvalue weighted by molar-refractivity contribution is 7.85. The number of anilines is 1. The van der Waals surface area contributed by atoms with Crippen LogP contribution < -0.4 is 4.90 Å². The average molecular weight is 874 g/mol. The second kappa shape index (κ2) is 19.4. The Balaban J connectivity index is 1.27. The molecule has 8 rings (SSSR count). The van der Waals surface area contributed by atoms with Crippen LogP contribution in [0.5, 0.6) is 0 Å². The molecule has 4 unspecified atom stereocenters. The van der Waals surface area contributed by atoms with Gasteiger partial charge in [-0.3, -0.25) is 4.55 Å². The molecule has 64 heavy (non-hydrogen) atoms. The maximum atomic E-state index is 11.8. The molecule has 4 atom stereocenters. The van der Waals surface area contributed by atoms with Crippen molar-refractivity contribution in [1.29, 1.82) is 0 Å². The van der Waals surface area contributed by atoms with E-state index in [9.17, 15) is 13.0 Å². The van der Waals surface area contributed by atoms with Gasteiger partial charge in [-0.05, 0) is 131 Å². The first kappa shape index (κ1) is 45.2. The Bertz CT molecular complexity index is 2720. The molecule has 7 heteroatoms. The van der Waals surface area contributed by atoms with E-state index in [1.54, 1.807) is 0 Å². The lowest BCUT2D eigenvalue weighted by atomic mass is 9.70. The minimum absolute atomic E-state index is 0.0361. The number of unbranched alkanes of at least 4 members (excludes halogenated alkanes) is 1. The molecule has 4 aliphatic carbocycles. The van der Waals surface area contributed by atoms with Crippen molar-refractivity contribution < 1.29 is 13.0 Å². The number of fused-ring (bicyclic) bond motifs is 3. The summed E-state index contributed by atoms with van der Waals surface area (Å²) in [5.41, 5.74) is 14.5. The Hall–Kier alpha value is -5.37. The highest BCUT2D eigenvalue weighted by Crippen LogP contribution is 2.49. The normalized spacial score (nSPS) is 21.5. The number of nitrogens with zero attached hydrogens (tertiary/aromatic N) is 3. The molecule has 1 N–H and O–H groups in total. The lowest BCUT2D eigenvalue weighted by Crippen LogP contribution is -2.46. The number of aromatic nitrogens is 1. The number of likely N-dealkylation sites (N-methyl/N-ethyl adjacent to an activating group) is 1. The number of hydrogen-bond donors (Lipinski definition) is 1. The molecule has 0 amide bonds. The van der Waals surface area contributed by atoms with E-state index in [1.807, 2.05) is 0 Å². The van der Waals surface area contributed by atoms with E-state index in [1.165, 1.54) is 72.7 Å². The van der Waals surface area contributed by atoms with E-state index in [-0.39, 0.29) is 23.1 Å². The lowest BCUT2D eigenvalue weighted by molar-refractivity contribution is 0.207. The van der Waals surface area contributed by atoms with E-state index < -0.39 is 10.1 Å². The molecule has 1 aromatic heterocycles. The molecule has 4 aromatic rings. The Morgan fingerprint density at radius 1 is 0.891 bits per heavy atom. The summed E-state index contributed by atoms with van der Waals surface area (Å²) < 4.78 is 35.8. The van der Waals surface area contributed by atoms with Crippen LogP contribution in [0.2, 0.25) is 0 Å². The smallest absolute Gasteiger partial charge is 0.264 e. The third-order valence-corrected chi connectivity index (χ3v) is 15.2. The van der Waals surface area contributed by atoms with Gasteiger partial charge in [-0.2, -0.15) is 8.42 Å². The van der Waals surface area contributed by atoms with Gasteiger partial charge in [0.15, 0.2) is 0 Å². The first-order chi connectivity index (χ1) is 30.9. The highest BCUT2D eigenvalue weighted by Gasteiger charge is 2.40. The summed E-state index contributed by atoms with van der Waals surface area (Å²) in [4.78, 5) is 5.05. The van der Waals surface area contributed by atoms with Crippen LogP contribution in [0.4, 0.5) is 5.69 Å². The standard InChI is InChI=1S/C57H67N3O3S/c1-7-58(51-27-18-23-44-20-12-13-26-49(44)51)43(5)31-30-42(4)54(45-32-34-48(35-33-45)59(8-2)53-28-19-25-47-24-14-15-37-57(47,53)6)55-50-36-29-41(3)40-52(50)60(38-16-17-39-64(61,62)63)56(55)46-21-10-9-11-22-46/h9-15,18-28,30-32,34,37,41,53-54H,7-8,16-17,29,33,35-36,38-40H2,1-6H3,(H,61,62,63)/b42-30+,43-31+. The van der Waals surface area contributed by atoms with E-state index in [0.717, 1.165) is 45.2 Å². The molecule has 1 heterocycles. The largest absolute Gasteiger partial charge is 0.367 e. The maximum Gasteiger partial charge on any atom is 0.264 e. The molecule has 4 aliphatic rings. The fraction of sp³-hybridized carbons (Fsp3) is 0.368. The van der Waals surface area contributed by atoms with Crippen molar-refractivity contribution in [3.8, 4) is 11.3 Å². The minimum Gasteiger partial charge on any atom is -0.367 e. The monoisotopic (exact) mass is 873 g/mol. The number of rotatable bonds is 16. The average Bonchev–Trinajstić information content (AvgIpc) is 3.60.